The van der Waals surface area contributed by atoms with E-state index in [2.05, 4.69) is 4.74 Å². The summed E-state index contributed by atoms with van der Waals surface area (Å²) in [5.74, 6) is -0.114. The highest BCUT2D eigenvalue weighted by Gasteiger charge is 2.31. The van der Waals surface area contributed by atoms with Gasteiger partial charge in [-0.2, -0.15) is 0 Å². The number of benzene rings is 1. The molecular formula is C10H11F3O. The smallest absolute Gasteiger partial charge is 0.406 e. The van der Waals surface area contributed by atoms with E-state index in [4.69, 9.17) is 0 Å². The second-order valence-electron chi connectivity index (χ2n) is 2.94. The lowest BCUT2D eigenvalue weighted by molar-refractivity contribution is -0.274. The van der Waals surface area contributed by atoms with Gasteiger partial charge in [-0.1, -0.05) is 19.1 Å². The Morgan fingerprint density at radius 2 is 1.93 bits per heavy atom. The van der Waals surface area contributed by atoms with E-state index in [-0.39, 0.29) is 5.75 Å². The Morgan fingerprint density at radius 3 is 2.43 bits per heavy atom. The molecule has 1 aromatic carbocycles. The molecule has 1 aromatic rings. The first-order chi connectivity index (χ1) is 6.44. The number of rotatable bonds is 2. The Morgan fingerprint density at radius 1 is 1.29 bits per heavy atom. The van der Waals surface area contributed by atoms with Crippen LogP contribution in [0.5, 0.6) is 5.75 Å². The fourth-order valence-electron chi connectivity index (χ4n) is 1.28. The molecule has 0 N–H and O–H groups in total. The van der Waals surface area contributed by atoms with Crippen molar-refractivity contribution in [1.82, 2.24) is 0 Å². The molecule has 0 aromatic heterocycles. The molecule has 1 rings (SSSR count). The van der Waals surface area contributed by atoms with Gasteiger partial charge in [0.05, 0.1) is 0 Å². The lowest BCUT2D eigenvalue weighted by atomic mass is 10.1. The highest BCUT2D eigenvalue weighted by molar-refractivity contribution is 5.39. The molecule has 0 aliphatic heterocycles. The van der Waals surface area contributed by atoms with Crippen molar-refractivity contribution in [3.8, 4) is 5.75 Å². The van der Waals surface area contributed by atoms with Gasteiger partial charge >= 0.3 is 6.36 Å². The minimum atomic E-state index is -4.61. The minimum absolute atomic E-state index is 0.114. The van der Waals surface area contributed by atoms with E-state index in [0.717, 1.165) is 5.56 Å². The van der Waals surface area contributed by atoms with Crippen LogP contribution in [-0.4, -0.2) is 6.36 Å². The number of ether oxygens (including phenoxy) is 1. The molecule has 0 amide bonds. The summed E-state index contributed by atoms with van der Waals surface area (Å²) >= 11 is 0. The number of alkyl halides is 3. The summed E-state index contributed by atoms with van der Waals surface area (Å²) in [5, 5.41) is 0. The predicted molar refractivity (Wildman–Crippen MR) is 47.2 cm³/mol. The normalized spacial score (nSPS) is 11.5. The Bertz CT molecular complexity index is 318. The van der Waals surface area contributed by atoms with Crippen LogP contribution in [0, 0.1) is 6.92 Å². The van der Waals surface area contributed by atoms with Crippen molar-refractivity contribution < 1.29 is 17.9 Å². The standard InChI is InChI=1S/C10H11F3O/c1-3-8-5-4-6-9(7(8)2)14-10(11,12)13/h4-6H,3H2,1-2H3. The van der Waals surface area contributed by atoms with Gasteiger partial charge in [0.15, 0.2) is 0 Å². The summed E-state index contributed by atoms with van der Waals surface area (Å²) < 4.78 is 39.7. The number of hydrogen-bond donors (Lipinski definition) is 0. The molecule has 0 saturated carbocycles. The van der Waals surface area contributed by atoms with Gasteiger partial charge in [-0.25, -0.2) is 0 Å². The van der Waals surface area contributed by atoms with Crippen molar-refractivity contribution in [3.63, 3.8) is 0 Å². The molecule has 0 saturated heterocycles. The van der Waals surface area contributed by atoms with Crippen molar-refractivity contribution in [1.29, 1.82) is 0 Å². The molecule has 78 valence electrons. The van der Waals surface area contributed by atoms with Gasteiger partial charge < -0.3 is 4.74 Å². The van der Waals surface area contributed by atoms with E-state index in [1.165, 1.54) is 6.07 Å². The first kappa shape index (κ1) is 10.9. The highest BCUT2D eigenvalue weighted by Crippen LogP contribution is 2.27. The zero-order valence-corrected chi connectivity index (χ0v) is 7.98. The molecule has 0 radical (unpaired) electrons. The van der Waals surface area contributed by atoms with Crippen LogP contribution < -0.4 is 4.74 Å². The number of hydrogen-bond acceptors (Lipinski definition) is 1. The van der Waals surface area contributed by atoms with Gasteiger partial charge in [-0.3, -0.25) is 0 Å². The third kappa shape index (κ3) is 2.65. The first-order valence-electron chi connectivity index (χ1n) is 4.28. The van der Waals surface area contributed by atoms with E-state index in [1.54, 1.807) is 19.1 Å². The van der Waals surface area contributed by atoms with Crippen LogP contribution >= 0.6 is 0 Å². The zero-order valence-electron chi connectivity index (χ0n) is 7.98. The largest absolute Gasteiger partial charge is 0.573 e. The molecule has 0 heterocycles. The molecule has 4 heteroatoms. The van der Waals surface area contributed by atoms with Gasteiger partial charge in [0.25, 0.3) is 0 Å². The van der Waals surface area contributed by atoms with Gasteiger partial charge in [0.1, 0.15) is 5.75 Å². The Balaban J connectivity index is 2.98. The Labute approximate surface area is 80.5 Å². The van der Waals surface area contributed by atoms with Crippen LogP contribution in [0.25, 0.3) is 0 Å². The number of aryl methyl sites for hydroxylation is 1. The summed E-state index contributed by atoms with van der Waals surface area (Å²) in [6.45, 7) is 3.51. The minimum Gasteiger partial charge on any atom is -0.406 e. The van der Waals surface area contributed by atoms with Gasteiger partial charge in [0, 0.05) is 0 Å². The van der Waals surface area contributed by atoms with Gasteiger partial charge in [-0.15, -0.1) is 13.2 Å². The van der Waals surface area contributed by atoms with Crippen molar-refractivity contribution >= 4 is 0 Å². The van der Waals surface area contributed by atoms with Crippen molar-refractivity contribution in [2.24, 2.45) is 0 Å². The van der Waals surface area contributed by atoms with Crippen LogP contribution in [0.1, 0.15) is 18.1 Å². The van der Waals surface area contributed by atoms with Crippen molar-refractivity contribution in [2.45, 2.75) is 26.6 Å². The van der Waals surface area contributed by atoms with Gasteiger partial charge in [-0.05, 0) is 30.5 Å². The summed E-state index contributed by atoms with van der Waals surface area (Å²) in [6, 6.07) is 4.67. The fourth-order valence-corrected chi connectivity index (χ4v) is 1.28. The maximum Gasteiger partial charge on any atom is 0.573 e. The average Bonchev–Trinajstić information content (AvgIpc) is 2.06. The second-order valence-corrected chi connectivity index (χ2v) is 2.94. The molecule has 0 aliphatic carbocycles. The van der Waals surface area contributed by atoms with E-state index >= 15 is 0 Å². The van der Waals surface area contributed by atoms with Crippen molar-refractivity contribution in [2.75, 3.05) is 0 Å². The summed E-state index contributed by atoms with van der Waals surface area (Å²) in [6.07, 6.45) is -3.92. The monoisotopic (exact) mass is 204 g/mol. The van der Waals surface area contributed by atoms with Crippen LogP contribution in [0.15, 0.2) is 18.2 Å². The molecule has 1 nitrogen and oxygen atoms in total. The summed E-state index contributed by atoms with van der Waals surface area (Å²) in [4.78, 5) is 0. The quantitative estimate of drug-likeness (QED) is 0.716. The van der Waals surface area contributed by atoms with Crippen LogP contribution in [0.3, 0.4) is 0 Å². The lowest BCUT2D eigenvalue weighted by Crippen LogP contribution is -2.18. The van der Waals surface area contributed by atoms with E-state index in [0.29, 0.717) is 12.0 Å². The van der Waals surface area contributed by atoms with Gasteiger partial charge in [0.2, 0.25) is 0 Å². The molecule has 0 fully saturated rings. The maximum absolute atomic E-state index is 11.9. The summed E-state index contributed by atoms with van der Waals surface area (Å²) in [7, 11) is 0. The van der Waals surface area contributed by atoms with E-state index in [1.807, 2.05) is 6.92 Å². The molecule has 0 unspecified atom stereocenters. The predicted octanol–water partition coefficient (Wildman–Crippen LogP) is 3.46. The average molecular weight is 204 g/mol. The lowest BCUT2D eigenvalue weighted by Gasteiger charge is -2.13. The fraction of sp³-hybridized carbons (Fsp3) is 0.400. The SMILES string of the molecule is CCc1cccc(OC(F)(F)F)c1C. The Hall–Kier alpha value is -1.19. The molecular weight excluding hydrogens is 193 g/mol. The maximum atomic E-state index is 11.9. The zero-order chi connectivity index (χ0) is 10.8. The third-order valence-electron chi connectivity index (χ3n) is 2.00. The van der Waals surface area contributed by atoms with E-state index < -0.39 is 6.36 Å². The topological polar surface area (TPSA) is 9.23 Å². The second kappa shape index (κ2) is 3.90. The molecule has 0 spiro atoms. The molecule has 0 aliphatic rings. The van der Waals surface area contributed by atoms with Crippen LogP contribution in [-0.2, 0) is 6.42 Å². The molecule has 0 atom stereocenters. The van der Waals surface area contributed by atoms with Crippen LogP contribution in [0.4, 0.5) is 13.2 Å². The number of halogens is 3. The molecule has 0 bridgehead atoms. The Kier molecular flexibility index (Phi) is 3.03. The highest BCUT2D eigenvalue weighted by atomic mass is 19.4. The summed E-state index contributed by atoms with van der Waals surface area (Å²) in [5.41, 5.74) is 1.42. The van der Waals surface area contributed by atoms with Crippen molar-refractivity contribution in [3.05, 3.63) is 29.3 Å². The van der Waals surface area contributed by atoms with E-state index in [9.17, 15) is 13.2 Å². The third-order valence-corrected chi connectivity index (χ3v) is 2.00. The van der Waals surface area contributed by atoms with Crippen LogP contribution in [0.2, 0.25) is 0 Å². The first-order valence-corrected chi connectivity index (χ1v) is 4.28. The molecule has 14 heavy (non-hydrogen) atoms.